The van der Waals surface area contributed by atoms with Crippen molar-refractivity contribution in [3.8, 4) is 5.75 Å². The van der Waals surface area contributed by atoms with E-state index in [4.69, 9.17) is 25.8 Å². The van der Waals surface area contributed by atoms with E-state index in [1.54, 1.807) is 26.1 Å². The first-order valence-corrected chi connectivity index (χ1v) is 7.82. The summed E-state index contributed by atoms with van der Waals surface area (Å²) in [6, 6.07) is 3.73. The molecule has 23 heavy (non-hydrogen) atoms. The summed E-state index contributed by atoms with van der Waals surface area (Å²) in [4.78, 5) is 15.6. The molecule has 128 valence electrons. The molecule has 0 aliphatic carbocycles. The highest BCUT2D eigenvalue weighted by Gasteiger charge is 2.20. The van der Waals surface area contributed by atoms with Crippen molar-refractivity contribution in [1.82, 2.24) is 9.80 Å². The third kappa shape index (κ3) is 5.07. The Morgan fingerprint density at radius 1 is 1.39 bits per heavy atom. The Morgan fingerprint density at radius 2 is 2.17 bits per heavy atom. The summed E-state index contributed by atoms with van der Waals surface area (Å²) in [5, 5.41) is 0.637. The molecular weight excluding hydrogens is 320 g/mol. The minimum absolute atomic E-state index is 0.0428. The summed E-state index contributed by atoms with van der Waals surface area (Å²) in [6.07, 6.45) is 0. The normalized spacial score (nSPS) is 13.6. The number of nitrogens with zero attached hydrogens (tertiary/aromatic N) is 2. The average Bonchev–Trinajstić information content (AvgIpc) is 2.52. The fourth-order valence-corrected chi connectivity index (χ4v) is 2.65. The molecule has 2 rings (SSSR count). The van der Waals surface area contributed by atoms with E-state index < -0.39 is 0 Å². The molecule has 1 aliphatic rings. The Kier molecular flexibility index (Phi) is 6.65. The molecule has 0 saturated carbocycles. The number of methoxy groups -OCH3 is 1. The molecule has 0 spiro atoms. The number of benzene rings is 1. The van der Waals surface area contributed by atoms with Gasteiger partial charge in [-0.05, 0) is 12.1 Å². The monoisotopic (exact) mass is 342 g/mol. The molecule has 0 saturated heterocycles. The number of hydrogen-bond donors (Lipinski definition) is 0. The molecule has 0 aromatic heterocycles. The van der Waals surface area contributed by atoms with Crippen LogP contribution >= 0.6 is 11.6 Å². The second kappa shape index (κ2) is 8.49. The third-order valence-electron chi connectivity index (χ3n) is 3.61. The van der Waals surface area contributed by atoms with Crippen molar-refractivity contribution in [2.75, 3.05) is 47.7 Å². The zero-order chi connectivity index (χ0) is 16.8. The van der Waals surface area contributed by atoms with E-state index in [-0.39, 0.29) is 12.7 Å². The SMILES string of the molecule is COCCN(CC(=O)N(C)C)Cc1cc(Cl)cc2c1OCOC2. The van der Waals surface area contributed by atoms with Crippen molar-refractivity contribution in [3.05, 3.63) is 28.3 Å². The van der Waals surface area contributed by atoms with Crippen LogP contribution in [-0.2, 0) is 27.4 Å². The predicted molar refractivity (Wildman–Crippen MR) is 87.6 cm³/mol. The second-order valence-electron chi connectivity index (χ2n) is 5.66. The van der Waals surface area contributed by atoms with Crippen LogP contribution in [0.4, 0.5) is 0 Å². The van der Waals surface area contributed by atoms with Gasteiger partial charge in [-0.15, -0.1) is 0 Å². The van der Waals surface area contributed by atoms with E-state index in [0.29, 0.717) is 37.9 Å². The number of rotatable bonds is 7. The Balaban J connectivity index is 2.17. The van der Waals surface area contributed by atoms with Crippen LogP contribution in [0.25, 0.3) is 0 Å². The van der Waals surface area contributed by atoms with Crippen LogP contribution in [0.15, 0.2) is 12.1 Å². The molecule has 1 aliphatic heterocycles. The highest BCUT2D eigenvalue weighted by atomic mass is 35.5. The first kappa shape index (κ1) is 18.0. The molecule has 0 radical (unpaired) electrons. The Labute approximate surface area is 141 Å². The van der Waals surface area contributed by atoms with Gasteiger partial charge in [0.1, 0.15) is 5.75 Å². The molecule has 7 heteroatoms. The van der Waals surface area contributed by atoms with Gasteiger partial charge in [0, 0.05) is 50.4 Å². The Morgan fingerprint density at radius 3 is 2.87 bits per heavy atom. The number of hydrogen-bond acceptors (Lipinski definition) is 5. The lowest BCUT2D eigenvalue weighted by Crippen LogP contribution is -2.38. The van der Waals surface area contributed by atoms with Crippen molar-refractivity contribution >= 4 is 17.5 Å². The minimum Gasteiger partial charge on any atom is -0.467 e. The van der Waals surface area contributed by atoms with E-state index in [1.807, 2.05) is 17.0 Å². The quantitative estimate of drug-likeness (QED) is 0.755. The number of carbonyl (C=O) groups excluding carboxylic acids is 1. The van der Waals surface area contributed by atoms with E-state index in [2.05, 4.69) is 0 Å². The lowest BCUT2D eigenvalue weighted by Gasteiger charge is -2.26. The standard InChI is InChI=1S/C16H23ClN2O4/c1-18(2)15(20)9-19(4-5-21-3)8-12-6-14(17)7-13-10-22-11-23-16(12)13/h6-7H,4-5,8-11H2,1-3H3. The molecule has 0 bridgehead atoms. The molecule has 1 heterocycles. The largest absolute Gasteiger partial charge is 0.467 e. The van der Waals surface area contributed by atoms with Gasteiger partial charge in [0.05, 0.1) is 19.8 Å². The van der Waals surface area contributed by atoms with Crippen LogP contribution < -0.4 is 4.74 Å². The first-order valence-electron chi connectivity index (χ1n) is 7.44. The fourth-order valence-electron chi connectivity index (χ4n) is 2.38. The van der Waals surface area contributed by atoms with Crippen molar-refractivity contribution in [1.29, 1.82) is 0 Å². The number of amides is 1. The van der Waals surface area contributed by atoms with Crippen molar-refractivity contribution in [2.45, 2.75) is 13.2 Å². The van der Waals surface area contributed by atoms with Gasteiger partial charge in [-0.2, -0.15) is 0 Å². The van der Waals surface area contributed by atoms with Gasteiger partial charge in [-0.25, -0.2) is 0 Å². The number of ether oxygens (including phenoxy) is 3. The summed E-state index contributed by atoms with van der Waals surface area (Å²) in [5.74, 6) is 0.849. The maximum atomic E-state index is 12.0. The molecular formula is C16H23ClN2O4. The van der Waals surface area contributed by atoms with Gasteiger partial charge in [0.15, 0.2) is 6.79 Å². The number of halogens is 1. The maximum Gasteiger partial charge on any atom is 0.236 e. The predicted octanol–water partition coefficient (Wildman–Crippen LogP) is 1.74. The molecule has 1 aromatic rings. The highest BCUT2D eigenvalue weighted by molar-refractivity contribution is 6.30. The van der Waals surface area contributed by atoms with Gasteiger partial charge in [0.25, 0.3) is 0 Å². The molecule has 0 unspecified atom stereocenters. The van der Waals surface area contributed by atoms with Gasteiger partial charge in [-0.3, -0.25) is 9.69 Å². The third-order valence-corrected chi connectivity index (χ3v) is 3.83. The van der Waals surface area contributed by atoms with Gasteiger partial charge < -0.3 is 19.1 Å². The zero-order valence-electron chi connectivity index (χ0n) is 13.8. The van der Waals surface area contributed by atoms with Crippen molar-refractivity contribution in [2.24, 2.45) is 0 Å². The molecule has 0 N–H and O–H groups in total. The Bertz CT molecular complexity index is 551. The van der Waals surface area contributed by atoms with Crippen molar-refractivity contribution < 1.29 is 19.0 Å². The first-order chi connectivity index (χ1) is 11.0. The molecule has 0 fully saturated rings. The topological polar surface area (TPSA) is 51.2 Å². The average molecular weight is 343 g/mol. The van der Waals surface area contributed by atoms with Crippen LogP contribution in [0, 0.1) is 0 Å². The lowest BCUT2D eigenvalue weighted by molar-refractivity contribution is -0.130. The fraction of sp³-hybridized carbons (Fsp3) is 0.562. The summed E-state index contributed by atoms with van der Waals surface area (Å²) in [6.45, 7) is 2.79. The highest BCUT2D eigenvalue weighted by Crippen LogP contribution is 2.32. The molecule has 1 amide bonds. The lowest BCUT2D eigenvalue weighted by atomic mass is 10.1. The van der Waals surface area contributed by atoms with Gasteiger partial charge in [-0.1, -0.05) is 11.6 Å². The van der Waals surface area contributed by atoms with Crippen LogP contribution in [-0.4, -0.2) is 63.4 Å². The van der Waals surface area contributed by atoms with Crippen molar-refractivity contribution in [3.63, 3.8) is 0 Å². The molecule has 1 aromatic carbocycles. The van der Waals surface area contributed by atoms with E-state index in [1.165, 1.54) is 0 Å². The van der Waals surface area contributed by atoms with E-state index >= 15 is 0 Å². The van der Waals surface area contributed by atoms with E-state index in [0.717, 1.165) is 16.9 Å². The van der Waals surface area contributed by atoms with Crippen LogP contribution in [0.2, 0.25) is 5.02 Å². The smallest absolute Gasteiger partial charge is 0.236 e. The summed E-state index contributed by atoms with van der Waals surface area (Å²) >= 11 is 6.20. The second-order valence-corrected chi connectivity index (χ2v) is 6.09. The van der Waals surface area contributed by atoms with E-state index in [9.17, 15) is 4.79 Å². The Hall–Kier alpha value is -1.34. The molecule has 0 atom stereocenters. The summed E-state index contributed by atoms with van der Waals surface area (Å²) in [7, 11) is 5.14. The summed E-state index contributed by atoms with van der Waals surface area (Å²) < 4.78 is 16.1. The number of likely N-dealkylation sites (N-methyl/N-ethyl adjacent to an activating group) is 1. The van der Waals surface area contributed by atoms with Crippen LogP contribution in [0.1, 0.15) is 11.1 Å². The molecule has 6 nitrogen and oxygen atoms in total. The van der Waals surface area contributed by atoms with Gasteiger partial charge in [0.2, 0.25) is 5.91 Å². The zero-order valence-corrected chi connectivity index (χ0v) is 14.6. The number of carbonyl (C=O) groups is 1. The number of fused-ring (bicyclic) bond motifs is 1. The maximum absolute atomic E-state index is 12.0. The van der Waals surface area contributed by atoms with Crippen LogP contribution in [0.5, 0.6) is 5.75 Å². The summed E-state index contributed by atoms with van der Waals surface area (Å²) in [5.41, 5.74) is 1.89. The van der Waals surface area contributed by atoms with Crippen LogP contribution in [0.3, 0.4) is 0 Å². The van der Waals surface area contributed by atoms with Gasteiger partial charge >= 0.3 is 0 Å². The minimum atomic E-state index is 0.0428.